The number of carbonyl (C=O) groups is 1. The fraction of sp³-hybridized carbons (Fsp3) is 0.538. The summed E-state index contributed by atoms with van der Waals surface area (Å²) in [6.45, 7) is 5.29. The van der Waals surface area contributed by atoms with Crippen LogP contribution in [0.25, 0.3) is 0 Å². The van der Waals surface area contributed by atoms with Crippen LogP contribution in [0.4, 0.5) is 11.5 Å². The predicted molar refractivity (Wildman–Crippen MR) is 73.9 cm³/mol. The smallest absolute Gasteiger partial charge is 0.322 e. The number of carbonyl (C=O) groups excluding carboxylic acids is 1. The first-order valence-corrected chi connectivity index (χ1v) is 6.40. The molecule has 2 rings (SSSR count). The first kappa shape index (κ1) is 13.6. The summed E-state index contributed by atoms with van der Waals surface area (Å²) in [6, 6.07) is 3.59. The van der Waals surface area contributed by atoms with Gasteiger partial charge >= 0.3 is 5.97 Å². The summed E-state index contributed by atoms with van der Waals surface area (Å²) in [4.78, 5) is 20.0. The fourth-order valence-corrected chi connectivity index (χ4v) is 2.27. The lowest BCUT2D eigenvalue weighted by molar-refractivity contribution is -0.146. The van der Waals surface area contributed by atoms with Gasteiger partial charge in [0, 0.05) is 26.2 Å². The quantitative estimate of drug-likeness (QED) is 0.794. The van der Waals surface area contributed by atoms with Crippen molar-refractivity contribution in [2.24, 2.45) is 0 Å². The van der Waals surface area contributed by atoms with Crippen molar-refractivity contribution in [3.63, 3.8) is 0 Å². The molecule has 0 amide bonds. The summed E-state index contributed by atoms with van der Waals surface area (Å²) in [5.41, 5.74) is 6.65. The summed E-state index contributed by atoms with van der Waals surface area (Å²) in [5, 5.41) is 0. The van der Waals surface area contributed by atoms with Gasteiger partial charge in [-0.1, -0.05) is 0 Å². The average Bonchev–Trinajstić information content (AvgIpc) is 2.46. The van der Waals surface area contributed by atoms with Crippen molar-refractivity contribution in [2.75, 3.05) is 43.9 Å². The Kier molecular flexibility index (Phi) is 4.21. The molecule has 1 unspecified atom stereocenters. The number of hydrogen-bond acceptors (Lipinski definition) is 6. The monoisotopic (exact) mass is 264 g/mol. The summed E-state index contributed by atoms with van der Waals surface area (Å²) < 4.78 is 4.77. The second-order valence-corrected chi connectivity index (χ2v) is 4.66. The van der Waals surface area contributed by atoms with Gasteiger partial charge < -0.3 is 15.4 Å². The van der Waals surface area contributed by atoms with Crippen LogP contribution in [0.2, 0.25) is 0 Å². The minimum atomic E-state index is -0.184. The third-order valence-electron chi connectivity index (χ3n) is 3.54. The van der Waals surface area contributed by atoms with Crippen LogP contribution in [0.3, 0.4) is 0 Å². The zero-order valence-corrected chi connectivity index (χ0v) is 11.4. The number of methoxy groups -OCH3 is 1. The Morgan fingerprint density at radius 1 is 1.37 bits per heavy atom. The summed E-state index contributed by atoms with van der Waals surface area (Å²) in [6.07, 6.45) is 1.79. The van der Waals surface area contributed by atoms with E-state index in [1.165, 1.54) is 7.11 Å². The van der Waals surface area contributed by atoms with Gasteiger partial charge in [-0.3, -0.25) is 9.69 Å². The molecule has 0 bridgehead atoms. The van der Waals surface area contributed by atoms with Crippen molar-refractivity contribution < 1.29 is 9.53 Å². The highest BCUT2D eigenvalue weighted by molar-refractivity contribution is 5.75. The molecule has 2 N–H and O–H groups in total. The van der Waals surface area contributed by atoms with Gasteiger partial charge in [0.15, 0.2) is 0 Å². The van der Waals surface area contributed by atoms with Crippen LogP contribution in [0.1, 0.15) is 6.92 Å². The molecular weight excluding hydrogens is 244 g/mol. The van der Waals surface area contributed by atoms with E-state index < -0.39 is 0 Å². The molecule has 0 spiro atoms. The van der Waals surface area contributed by atoms with Gasteiger partial charge in [-0.05, 0) is 19.1 Å². The molecule has 1 aromatic rings. The van der Waals surface area contributed by atoms with Crippen LogP contribution in [-0.4, -0.2) is 55.2 Å². The van der Waals surface area contributed by atoms with Gasteiger partial charge in [0.2, 0.25) is 0 Å². The van der Waals surface area contributed by atoms with Crippen LogP contribution < -0.4 is 10.6 Å². The first-order valence-electron chi connectivity index (χ1n) is 6.40. The predicted octanol–water partition coefficient (Wildman–Crippen LogP) is 0.347. The number of hydrogen-bond donors (Lipinski definition) is 1. The van der Waals surface area contributed by atoms with Gasteiger partial charge in [0.25, 0.3) is 0 Å². The molecule has 1 aliphatic heterocycles. The Labute approximate surface area is 113 Å². The number of nitrogens with two attached hydrogens (primary N) is 1. The van der Waals surface area contributed by atoms with Crippen LogP contribution in [0, 0.1) is 0 Å². The number of piperazine rings is 1. The Morgan fingerprint density at radius 3 is 2.58 bits per heavy atom. The maximum Gasteiger partial charge on any atom is 0.322 e. The number of nitrogens with zero attached hydrogens (tertiary/aromatic N) is 3. The van der Waals surface area contributed by atoms with E-state index >= 15 is 0 Å². The molecule has 104 valence electrons. The third kappa shape index (κ3) is 3.14. The largest absolute Gasteiger partial charge is 0.468 e. The molecule has 0 aliphatic carbocycles. The maximum absolute atomic E-state index is 11.5. The van der Waals surface area contributed by atoms with E-state index in [1.807, 2.05) is 13.0 Å². The van der Waals surface area contributed by atoms with Gasteiger partial charge in [-0.15, -0.1) is 0 Å². The van der Waals surface area contributed by atoms with Crippen LogP contribution >= 0.6 is 0 Å². The number of nitrogen functional groups attached to an aromatic ring is 1. The average molecular weight is 264 g/mol. The van der Waals surface area contributed by atoms with E-state index in [1.54, 1.807) is 12.3 Å². The van der Waals surface area contributed by atoms with E-state index in [2.05, 4.69) is 14.8 Å². The summed E-state index contributed by atoms with van der Waals surface area (Å²) in [7, 11) is 1.43. The minimum Gasteiger partial charge on any atom is -0.468 e. The lowest BCUT2D eigenvalue weighted by Crippen LogP contribution is -2.52. The second kappa shape index (κ2) is 5.88. The molecule has 0 saturated carbocycles. The molecule has 1 atom stereocenters. The first-order chi connectivity index (χ1) is 9.11. The Hall–Kier alpha value is -1.82. The molecule has 0 aromatic carbocycles. The van der Waals surface area contributed by atoms with Gasteiger partial charge in [0.05, 0.1) is 19.0 Å². The van der Waals surface area contributed by atoms with E-state index in [-0.39, 0.29) is 12.0 Å². The van der Waals surface area contributed by atoms with Crippen LogP contribution in [0.15, 0.2) is 18.3 Å². The van der Waals surface area contributed by atoms with Gasteiger partial charge in [0.1, 0.15) is 11.9 Å². The van der Waals surface area contributed by atoms with E-state index in [0.717, 1.165) is 31.9 Å². The Balaban J connectivity index is 1.92. The molecular formula is C13H20N4O2. The van der Waals surface area contributed by atoms with Gasteiger partial charge in [-0.25, -0.2) is 4.98 Å². The molecule has 1 aromatic heterocycles. The zero-order valence-electron chi connectivity index (χ0n) is 11.4. The lowest BCUT2D eigenvalue weighted by Gasteiger charge is -2.37. The van der Waals surface area contributed by atoms with E-state index in [4.69, 9.17) is 10.5 Å². The standard InChI is InChI=1S/C13H20N4O2/c1-10(13(18)19-2)16-5-7-17(8-6-16)11-3-4-12(14)15-9-11/h3-4,9-10H,5-8H2,1-2H3,(H2,14,15). The molecule has 1 fully saturated rings. The normalized spacial score (nSPS) is 18.1. The number of aromatic nitrogens is 1. The molecule has 6 nitrogen and oxygen atoms in total. The number of ether oxygens (including phenoxy) is 1. The van der Waals surface area contributed by atoms with Gasteiger partial charge in [-0.2, -0.15) is 0 Å². The van der Waals surface area contributed by atoms with Crippen molar-refractivity contribution in [3.05, 3.63) is 18.3 Å². The third-order valence-corrected chi connectivity index (χ3v) is 3.54. The van der Waals surface area contributed by atoms with Crippen molar-refractivity contribution >= 4 is 17.5 Å². The highest BCUT2D eigenvalue weighted by Crippen LogP contribution is 2.17. The number of rotatable bonds is 3. The van der Waals surface area contributed by atoms with Crippen LogP contribution in [0.5, 0.6) is 0 Å². The van der Waals surface area contributed by atoms with Crippen molar-refractivity contribution in [1.29, 1.82) is 0 Å². The molecule has 1 aliphatic rings. The van der Waals surface area contributed by atoms with E-state index in [9.17, 15) is 4.79 Å². The molecule has 6 heteroatoms. The Morgan fingerprint density at radius 2 is 2.05 bits per heavy atom. The fourth-order valence-electron chi connectivity index (χ4n) is 2.27. The van der Waals surface area contributed by atoms with E-state index in [0.29, 0.717) is 5.82 Å². The highest BCUT2D eigenvalue weighted by atomic mass is 16.5. The number of pyridine rings is 1. The molecule has 0 radical (unpaired) electrons. The maximum atomic E-state index is 11.5. The zero-order chi connectivity index (χ0) is 13.8. The number of anilines is 2. The van der Waals surface area contributed by atoms with Crippen molar-refractivity contribution in [3.8, 4) is 0 Å². The number of esters is 1. The molecule has 1 saturated heterocycles. The van der Waals surface area contributed by atoms with Crippen molar-refractivity contribution in [1.82, 2.24) is 9.88 Å². The Bertz CT molecular complexity index is 427. The second-order valence-electron chi connectivity index (χ2n) is 4.66. The minimum absolute atomic E-state index is 0.178. The summed E-state index contributed by atoms with van der Waals surface area (Å²) in [5.74, 6) is 0.351. The lowest BCUT2D eigenvalue weighted by atomic mass is 10.2. The summed E-state index contributed by atoms with van der Waals surface area (Å²) >= 11 is 0. The SMILES string of the molecule is COC(=O)C(C)N1CCN(c2ccc(N)nc2)CC1. The highest BCUT2D eigenvalue weighted by Gasteiger charge is 2.26. The molecule has 2 heterocycles. The van der Waals surface area contributed by atoms with Crippen molar-refractivity contribution in [2.45, 2.75) is 13.0 Å². The van der Waals surface area contributed by atoms with Crippen LogP contribution in [-0.2, 0) is 9.53 Å². The topological polar surface area (TPSA) is 71.7 Å². The molecule has 19 heavy (non-hydrogen) atoms.